The second kappa shape index (κ2) is 14.0. The fraction of sp³-hybridized carbons (Fsp3) is 0.600. The van der Waals surface area contributed by atoms with Gasteiger partial charge < -0.3 is 20.1 Å². The van der Waals surface area contributed by atoms with Crippen LogP contribution in [0.3, 0.4) is 0 Å². The van der Waals surface area contributed by atoms with Crippen LogP contribution in [0.25, 0.3) is 0 Å². The van der Waals surface area contributed by atoms with Crippen LogP contribution in [0.1, 0.15) is 90.2 Å². The number of halogens is 1. The third-order valence-electron chi connectivity index (χ3n) is 5.44. The standard InChI is InChI=1S/C25H37ClN2O4/c1-4-7-8-9-10-11-12-16-32-21-15-14-18(17-19(21)26)23-22(24(29)31-6-3)20(13-5-2)27-25(30)28-23/h14-15,17,23H,4-13,16H2,1-3H3,(H2,27,28,30). The van der Waals surface area contributed by atoms with E-state index in [4.69, 9.17) is 21.1 Å². The van der Waals surface area contributed by atoms with E-state index in [1.165, 1.54) is 32.1 Å². The summed E-state index contributed by atoms with van der Waals surface area (Å²) in [5.74, 6) is 0.168. The van der Waals surface area contributed by atoms with Crippen LogP contribution >= 0.6 is 11.6 Å². The van der Waals surface area contributed by atoms with Crippen molar-refractivity contribution >= 4 is 23.6 Å². The number of carbonyl (C=O) groups excluding carboxylic acids is 2. The van der Waals surface area contributed by atoms with Crippen molar-refractivity contribution in [1.29, 1.82) is 0 Å². The van der Waals surface area contributed by atoms with Gasteiger partial charge in [0.15, 0.2) is 0 Å². The van der Waals surface area contributed by atoms with Crippen LogP contribution in [0, 0.1) is 0 Å². The number of allylic oxidation sites excluding steroid dienone is 1. The lowest BCUT2D eigenvalue weighted by molar-refractivity contribution is -0.139. The predicted octanol–water partition coefficient (Wildman–Crippen LogP) is 6.44. The number of hydrogen-bond donors (Lipinski definition) is 2. The number of amides is 2. The zero-order chi connectivity index (χ0) is 23.3. The average molecular weight is 465 g/mol. The zero-order valence-corrected chi connectivity index (χ0v) is 20.4. The van der Waals surface area contributed by atoms with Gasteiger partial charge in [-0.2, -0.15) is 0 Å². The highest BCUT2D eigenvalue weighted by molar-refractivity contribution is 6.32. The lowest BCUT2D eigenvalue weighted by atomic mass is 9.93. The molecule has 0 saturated heterocycles. The molecule has 1 aliphatic heterocycles. The molecule has 1 unspecified atom stereocenters. The maximum Gasteiger partial charge on any atom is 0.338 e. The van der Waals surface area contributed by atoms with Gasteiger partial charge in [0.25, 0.3) is 0 Å². The molecule has 0 radical (unpaired) electrons. The number of rotatable bonds is 14. The molecule has 0 bridgehead atoms. The summed E-state index contributed by atoms with van der Waals surface area (Å²) in [6.07, 6.45) is 9.89. The van der Waals surface area contributed by atoms with E-state index < -0.39 is 12.0 Å². The molecule has 2 N–H and O–H groups in total. The first-order valence-corrected chi connectivity index (χ1v) is 12.3. The first-order valence-electron chi connectivity index (χ1n) is 11.9. The van der Waals surface area contributed by atoms with Crippen molar-refractivity contribution in [2.24, 2.45) is 0 Å². The summed E-state index contributed by atoms with van der Waals surface area (Å²) in [5.41, 5.74) is 1.72. The number of esters is 1. The number of urea groups is 1. The molecule has 1 atom stereocenters. The summed E-state index contributed by atoms with van der Waals surface area (Å²) in [7, 11) is 0. The fourth-order valence-electron chi connectivity index (χ4n) is 3.82. The van der Waals surface area contributed by atoms with Gasteiger partial charge in [0.1, 0.15) is 5.75 Å². The summed E-state index contributed by atoms with van der Waals surface area (Å²) in [5, 5.41) is 6.05. The molecule has 32 heavy (non-hydrogen) atoms. The Morgan fingerprint density at radius 1 is 1.03 bits per heavy atom. The van der Waals surface area contributed by atoms with Gasteiger partial charge in [-0.15, -0.1) is 0 Å². The van der Waals surface area contributed by atoms with E-state index in [-0.39, 0.29) is 12.6 Å². The molecule has 1 aromatic rings. The minimum Gasteiger partial charge on any atom is -0.492 e. The molecule has 7 heteroatoms. The van der Waals surface area contributed by atoms with Gasteiger partial charge >= 0.3 is 12.0 Å². The van der Waals surface area contributed by atoms with Crippen LogP contribution in [-0.2, 0) is 9.53 Å². The Morgan fingerprint density at radius 2 is 1.75 bits per heavy atom. The van der Waals surface area contributed by atoms with Crippen LogP contribution in [-0.4, -0.2) is 25.2 Å². The molecular formula is C25H37ClN2O4. The van der Waals surface area contributed by atoms with Crippen LogP contribution in [0.4, 0.5) is 4.79 Å². The Kier molecular flexibility index (Phi) is 11.4. The fourth-order valence-corrected chi connectivity index (χ4v) is 4.06. The molecule has 0 aromatic heterocycles. The van der Waals surface area contributed by atoms with Crippen molar-refractivity contribution in [2.45, 2.75) is 84.6 Å². The van der Waals surface area contributed by atoms with Gasteiger partial charge in [-0.1, -0.05) is 76.5 Å². The molecule has 1 aromatic carbocycles. The normalized spacial score (nSPS) is 15.9. The first-order chi connectivity index (χ1) is 15.5. The number of nitrogens with one attached hydrogen (secondary N) is 2. The predicted molar refractivity (Wildman–Crippen MR) is 128 cm³/mol. The van der Waals surface area contributed by atoms with Crippen LogP contribution in [0.2, 0.25) is 5.02 Å². The van der Waals surface area contributed by atoms with Gasteiger partial charge in [-0.05, 0) is 37.5 Å². The van der Waals surface area contributed by atoms with Crippen LogP contribution in [0.5, 0.6) is 5.75 Å². The lowest BCUT2D eigenvalue weighted by Crippen LogP contribution is -2.46. The molecule has 2 rings (SSSR count). The van der Waals surface area contributed by atoms with Crippen LogP contribution < -0.4 is 15.4 Å². The summed E-state index contributed by atoms with van der Waals surface area (Å²) in [6.45, 7) is 6.85. The maximum atomic E-state index is 12.7. The third kappa shape index (κ3) is 7.73. The van der Waals surface area contributed by atoms with Gasteiger partial charge in [-0.25, -0.2) is 9.59 Å². The van der Waals surface area contributed by atoms with E-state index in [1.54, 1.807) is 19.1 Å². The van der Waals surface area contributed by atoms with Crippen molar-refractivity contribution in [3.63, 3.8) is 0 Å². The monoisotopic (exact) mass is 464 g/mol. The summed E-state index contributed by atoms with van der Waals surface area (Å²) < 4.78 is 11.1. The van der Waals surface area contributed by atoms with Gasteiger partial charge in [0.05, 0.1) is 29.9 Å². The van der Waals surface area contributed by atoms with E-state index in [2.05, 4.69) is 17.6 Å². The second-order valence-corrected chi connectivity index (χ2v) is 8.46. The Balaban J connectivity index is 2.06. The maximum absolute atomic E-state index is 12.7. The number of carbonyl (C=O) groups is 2. The summed E-state index contributed by atoms with van der Waals surface area (Å²) in [6, 6.07) is 4.42. The SMILES string of the molecule is CCCCCCCCCOc1ccc(C2NC(=O)NC(CCC)=C2C(=O)OCC)cc1Cl. The smallest absolute Gasteiger partial charge is 0.338 e. The molecule has 178 valence electrons. The van der Waals surface area contributed by atoms with Gasteiger partial charge in [0.2, 0.25) is 0 Å². The molecule has 0 saturated carbocycles. The number of benzene rings is 1. The molecule has 1 heterocycles. The highest BCUT2D eigenvalue weighted by atomic mass is 35.5. The molecular weight excluding hydrogens is 428 g/mol. The van der Waals surface area contributed by atoms with Gasteiger partial charge in [0, 0.05) is 5.70 Å². The van der Waals surface area contributed by atoms with Crippen molar-refractivity contribution in [3.05, 3.63) is 40.1 Å². The minimum atomic E-state index is -0.626. The topological polar surface area (TPSA) is 76.7 Å². The zero-order valence-electron chi connectivity index (χ0n) is 19.6. The molecule has 1 aliphatic rings. The number of ether oxygens (including phenoxy) is 2. The Hall–Kier alpha value is -2.21. The molecule has 0 spiro atoms. The number of unbranched alkanes of at least 4 members (excludes halogenated alkanes) is 6. The largest absolute Gasteiger partial charge is 0.492 e. The van der Waals surface area contributed by atoms with Crippen molar-refractivity contribution in [3.8, 4) is 5.75 Å². The van der Waals surface area contributed by atoms with E-state index in [1.807, 2.05) is 13.0 Å². The van der Waals surface area contributed by atoms with E-state index >= 15 is 0 Å². The first kappa shape index (κ1) is 26.0. The highest BCUT2D eigenvalue weighted by Gasteiger charge is 2.33. The van der Waals surface area contributed by atoms with E-state index in [0.29, 0.717) is 40.6 Å². The van der Waals surface area contributed by atoms with Crippen molar-refractivity contribution in [2.75, 3.05) is 13.2 Å². The molecule has 6 nitrogen and oxygen atoms in total. The second-order valence-electron chi connectivity index (χ2n) is 8.05. The molecule has 2 amide bonds. The van der Waals surface area contributed by atoms with Crippen molar-refractivity contribution < 1.29 is 19.1 Å². The van der Waals surface area contributed by atoms with Gasteiger partial charge in [-0.3, -0.25) is 0 Å². The third-order valence-corrected chi connectivity index (χ3v) is 5.74. The quantitative estimate of drug-likeness (QED) is 0.245. The summed E-state index contributed by atoms with van der Waals surface area (Å²) >= 11 is 6.48. The minimum absolute atomic E-state index is 0.258. The lowest BCUT2D eigenvalue weighted by Gasteiger charge is -2.29. The Bertz CT molecular complexity index is 794. The highest BCUT2D eigenvalue weighted by Crippen LogP contribution is 2.34. The molecule has 0 aliphatic carbocycles. The Labute approximate surface area is 197 Å². The number of hydrogen-bond acceptors (Lipinski definition) is 4. The van der Waals surface area contributed by atoms with Crippen LogP contribution in [0.15, 0.2) is 29.5 Å². The summed E-state index contributed by atoms with van der Waals surface area (Å²) in [4.78, 5) is 24.9. The van der Waals surface area contributed by atoms with E-state index in [0.717, 1.165) is 19.3 Å². The van der Waals surface area contributed by atoms with E-state index in [9.17, 15) is 9.59 Å². The Morgan fingerprint density at radius 3 is 2.41 bits per heavy atom. The van der Waals surface area contributed by atoms with Crippen molar-refractivity contribution in [1.82, 2.24) is 10.6 Å². The average Bonchev–Trinajstić information content (AvgIpc) is 2.76. The molecule has 0 fully saturated rings.